The number of carbonyl (C=O) groups is 1. The molecule has 3 heterocycles. The second-order valence-corrected chi connectivity index (χ2v) is 8.31. The van der Waals surface area contributed by atoms with E-state index in [1.807, 2.05) is 78.6 Å². The number of fused-ring (bicyclic) bond motifs is 3. The number of aromatic nitrogens is 1. The summed E-state index contributed by atoms with van der Waals surface area (Å²) in [5.41, 5.74) is 4.68. The average molecular weight is 416 g/mol. The Bertz CT molecular complexity index is 1220. The molecule has 2 aromatic carbocycles. The van der Waals surface area contributed by atoms with Crippen LogP contribution in [0.3, 0.4) is 0 Å². The number of benzene rings is 2. The standard InChI is InChI=1S/C24H21N3O2S/c1-15-13-17(14-29-2)19-20-21(30-23(19)25-15)24(28)27(18-11-7-4-8-12-18)22(26-20)16-9-5-3-6-10-16/h3-13,22,26H,14H2,1-2H3/t22-/m0/s1. The Morgan fingerprint density at radius 3 is 2.50 bits per heavy atom. The van der Waals surface area contributed by atoms with Gasteiger partial charge in [0.05, 0.1) is 12.3 Å². The van der Waals surface area contributed by atoms with Crippen molar-refractivity contribution >= 4 is 38.8 Å². The van der Waals surface area contributed by atoms with Crippen LogP contribution in [-0.2, 0) is 11.3 Å². The van der Waals surface area contributed by atoms with Crippen LogP contribution in [0.25, 0.3) is 10.2 Å². The fraction of sp³-hybridized carbons (Fsp3) is 0.167. The average Bonchev–Trinajstić information content (AvgIpc) is 3.14. The molecule has 1 amide bonds. The van der Waals surface area contributed by atoms with Crippen molar-refractivity contribution in [1.29, 1.82) is 0 Å². The van der Waals surface area contributed by atoms with E-state index < -0.39 is 0 Å². The lowest BCUT2D eigenvalue weighted by molar-refractivity contribution is 0.0979. The van der Waals surface area contributed by atoms with Crippen molar-refractivity contribution in [2.24, 2.45) is 0 Å². The molecule has 150 valence electrons. The van der Waals surface area contributed by atoms with Crippen LogP contribution < -0.4 is 10.2 Å². The molecule has 6 heteroatoms. The summed E-state index contributed by atoms with van der Waals surface area (Å²) < 4.78 is 5.43. The summed E-state index contributed by atoms with van der Waals surface area (Å²) in [5.74, 6) is -0.0205. The van der Waals surface area contributed by atoms with Crippen LogP contribution in [0.1, 0.15) is 32.7 Å². The summed E-state index contributed by atoms with van der Waals surface area (Å²) >= 11 is 1.44. The zero-order valence-electron chi connectivity index (χ0n) is 16.8. The molecule has 30 heavy (non-hydrogen) atoms. The van der Waals surface area contributed by atoms with Gasteiger partial charge in [0.25, 0.3) is 5.91 Å². The maximum absolute atomic E-state index is 13.8. The van der Waals surface area contributed by atoms with Crippen LogP contribution in [0.4, 0.5) is 11.4 Å². The number of anilines is 2. The maximum atomic E-state index is 13.8. The van der Waals surface area contributed by atoms with Crippen molar-refractivity contribution in [2.75, 3.05) is 17.3 Å². The van der Waals surface area contributed by atoms with Crippen LogP contribution in [-0.4, -0.2) is 18.0 Å². The number of hydrogen-bond donors (Lipinski definition) is 1. The lowest BCUT2D eigenvalue weighted by atomic mass is 10.0. The molecule has 4 aromatic rings. The molecule has 0 spiro atoms. The Morgan fingerprint density at radius 2 is 1.80 bits per heavy atom. The van der Waals surface area contributed by atoms with Crippen LogP contribution in [0.2, 0.25) is 0 Å². The molecule has 0 saturated heterocycles. The Labute approximate surface area is 178 Å². The lowest BCUT2D eigenvalue weighted by Gasteiger charge is -2.37. The first kappa shape index (κ1) is 18.8. The van der Waals surface area contributed by atoms with Crippen LogP contribution in [0, 0.1) is 6.92 Å². The Kier molecular flexibility index (Phi) is 4.73. The minimum Gasteiger partial charge on any atom is -0.380 e. The first-order valence-corrected chi connectivity index (χ1v) is 10.6. The van der Waals surface area contributed by atoms with Crippen molar-refractivity contribution in [1.82, 2.24) is 4.98 Å². The number of methoxy groups -OCH3 is 1. The first-order valence-electron chi connectivity index (χ1n) is 9.79. The minimum atomic E-state index is -0.317. The van der Waals surface area contributed by atoms with E-state index in [-0.39, 0.29) is 12.1 Å². The summed E-state index contributed by atoms with van der Waals surface area (Å²) in [4.78, 5) is 21.8. The monoisotopic (exact) mass is 415 g/mol. The largest absolute Gasteiger partial charge is 0.380 e. The number of nitrogens with one attached hydrogen (secondary N) is 1. The number of ether oxygens (including phenoxy) is 1. The SMILES string of the molecule is COCc1cc(C)nc2sc3c(c12)N[C@H](c1ccccc1)N(c1ccccc1)C3=O. The molecule has 0 fully saturated rings. The van der Waals surface area contributed by atoms with Crippen LogP contribution in [0.5, 0.6) is 0 Å². The van der Waals surface area contributed by atoms with Gasteiger partial charge in [-0.05, 0) is 36.2 Å². The van der Waals surface area contributed by atoms with Crippen molar-refractivity contribution in [2.45, 2.75) is 19.7 Å². The van der Waals surface area contributed by atoms with Crippen molar-refractivity contribution in [3.05, 3.63) is 88.4 Å². The highest BCUT2D eigenvalue weighted by Crippen LogP contribution is 2.45. The molecular weight excluding hydrogens is 394 g/mol. The highest BCUT2D eigenvalue weighted by atomic mass is 32.1. The van der Waals surface area contributed by atoms with E-state index in [1.165, 1.54) is 11.3 Å². The molecule has 0 radical (unpaired) electrons. The third-order valence-corrected chi connectivity index (χ3v) is 6.35. The summed E-state index contributed by atoms with van der Waals surface area (Å²) in [6.07, 6.45) is -0.317. The van der Waals surface area contributed by atoms with E-state index in [2.05, 4.69) is 5.32 Å². The molecule has 0 unspecified atom stereocenters. The van der Waals surface area contributed by atoms with Crippen LogP contribution >= 0.6 is 11.3 Å². The van der Waals surface area contributed by atoms with Gasteiger partial charge in [-0.1, -0.05) is 48.5 Å². The molecule has 0 bridgehead atoms. The van der Waals surface area contributed by atoms with Gasteiger partial charge in [-0.3, -0.25) is 9.69 Å². The zero-order valence-corrected chi connectivity index (χ0v) is 17.6. The minimum absolute atomic E-state index is 0.0205. The summed E-state index contributed by atoms with van der Waals surface area (Å²) in [6, 6.07) is 21.9. The molecular formula is C24H21N3O2S. The number of rotatable bonds is 4. The highest BCUT2D eigenvalue weighted by molar-refractivity contribution is 7.21. The normalized spacial score (nSPS) is 15.9. The summed E-state index contributed by atoms with van der Waals surface area (Å²) in [5, 5.41) is 4.63. The highest BCUT2D eigenvalue weighted by Gasteiger charge is 2.37. The smallest absolute Gasteiger partial charge is 0.272 e. The molecule has 1 aliphatic heterocycles. The van der Waals surface area contributed by atoms with E-state index in [4.69, 9.17) is 9.72 Å². The number of pyridine rings is 1. The fourth-order valence-corrected chi connectivity index (χ4v) is 5.19. The van der Waals surface area contributed by atoms with E-state index in [0.717, 1.165) is 38.4 Å². The van der Waals surface area contributed by atoms with Gasteiger partial charge in [0.2, 0.25) is 0 Å². The Balaban J connectivity index is 1.74. The van der Waals surface area contributed by atoms with E-state index in [1.54, 1.807) is 7.11 Å². The van der Waals surface area contributed by atoms with Gasteiger partial charge in [0.15, 0.2) is 0 Å². The predicted molar refractivity (Wildman–Crippen MR) is 121 cm³/mol. The van der Waals surface area contributed by atoms with Crippen molar-refractivity contribution < 1.29 is 9.53 Å². The summed E-state index contributed by atoms with van der Waals surface area (Å²) in [7, 11) is 1.68. The number of amides is 1. The first-order chi connectivity index (χ1) is 14.7. The van der Waals surface area contributed by atoms with E-state index >= 15 is 0 Å². The van der Waals surface area contributed by atoms with E-state index in [9.17, 15) is 4.79 Å². The third kappa shape index (κ3) is 3.05. The van der Waals surface area contributed by atoms with Gasteiger partial charge in [-0.15, -0.1) is 11.3 Å². The van der Waals surface area contributed by atoms with Gasteiger partial charge >= 0.3 is 0 Å². The van der Waals surface area contributed by atoms with Gasteiger partial charge in [0.1, 0.15) is 15.9 Å². The molecule has 1 aliphatic rings. The number of para-hydroxylation sites is 1. The van der Waals surface area contributed by atoms with Crippen molar-refractivity contribution in [3.8, 4) is 0 Å². The predicted octanol–water partition coefficient (Wildman–Crippen LogP) is 5.52. The van der Waals surface area contributed by atoms with Gasteiger partial charge in [-0.25, -0.2) is 4.98 Å². The summed E-state index contributed by atoms with van der Waals surface area (Å²) in [6.45, 7) is 2.44. The molecule has 5 nitrogen and oxygen atoms in total. The molecule has 5 rings (SSSR count). The molecule has 2 aromatic heterocycles. The second kappa shape index (κ2) is 7.55. The Morgan fingerprint density at radius 1 is 1.10 bits per heavy atom. The Hall–Kier alpha value is -3.22. The van der Waals surface area contributed by atoms with Crippen molar-refractivity contribution in [3.63, 3.8) is 0 Å². The van der Waals surface area contributed by atoms with Gasteiger partial charge < -0.3 is 10.1 Å². The van der Waals surface area contributed by atoms with Crippen LogP contribution in [0.15, 0.2) is 66.7 Å². The second-order valence-electron chi connectivity index (χ2n) is 7.31. The quantitative estimate of drug-likeness (QED) is 0.477. The zero-order chi connectivity index (χ0) is 20.7. The number of hydrogen-bond acceptors (Lipinski definition) is 5. The van der Waals surface area contributed by atoms with E-state index in [0.29, 0.717) is 11.5 Å². The maximum Gasteiger partial charge on any atom is 0.272 e. The van der Waals surface area contributed by atoms with Gasteiger partial charge in [0, 0.05) is 23.9 Å². The third-order valence-electron chi connectivity index (χ3n) is 5.27. The molecule has 1 atom stereocenters. The molecule has 1 N–H and O–H groups in total. The molecule has 0 aliphatic carbocycles. The lowest BCUT2D eigenvalue weighted by Crippen LogP contribution is -2.42. The molecule has 0 saturated carbocycles. The number of aryl methyl sites for hydroxylation is 1. The number of nitrogens with zero attached hydrogens (tertiary/aromatic N) is 2. The number of thiophene rings is 1. The fourth-order valence-electron chi connectivity index (χ4n) is 4.02. The van der Waals surface area contributed by atoms with Gasteiger partial charge in [-0.2, -0.15) is 0 Å². The topological polar surface area (TPSA) is 54.5 Å². The number of carbonyl (C=O) groups excluding carboxylic acids is 1.